The monoisotopic (exact) mass is 359 g/mol. The fourth-order valence-corrected chi connectivity index (χ4v) is 6.09. The van der Waals surface area contributed by atoms with Gasteiger partial charge in [-0.2, -0.15) is 0 Å². The molecule has 1 aromatic carbocycles. The van der Waals surface area contributed by atoms with Crippen LogP contribution in [0.4, 0.5) is 0 Å². The van der Waals surface area contributed by atoms with Crippen LogP contribution < -0.4 is 4.74 Å². The predicted molar refractivity (Wildman–Crippen MR) is 97.5 cm³/mol. The summed E-state index contributed by atoms with van der Waals surface area (Å²) in [4.78, 5) is 2.44. The lowest BCUT2D eigenvalue weighted by molar-refractivity contribution is -0.199. The highest BCUT2D eigenvalue weighted by atomic mass is 16.5. The van der Waals surface area contributed by atoms with Gasteiger partial charge < -0.3 is 20.1 Å². The van der Waals surface area contributed by atoms with E-state index in [-0.39, 0.29) is 11.8 Å². The number of piperidine rings is 1. The summed E-state index contributed by atoms with van der Waals surface area (Å²) < 4.78 is 6.16. The van der Waals surface area contributed by atoms with Crippen LogP contribution in [-0.4, -0.2) is 57.2 Å². The van der Waals surface area contributed by atoms with Gasteiger partial charge in [-0.15, -0.1) is 0 Å². The summed E-state index contributed by atoms with van der Waals surface area (Å²) in [5.41, 5.74) is 0.327. The quantitative estimate of drug-likeness (QED) is 0.754. The Bertz CT molecular complexity index is 748. The van der Waals surface area contributed by atoms with Crippen LogP contribution in [0, 0.1) is 12.8 Å². The molecule has 1 spiro atoms. The molecule has 2 aliphatic carbocycles. The van der Waals surface area contributed by atoms with E-state index in [0.29, 0.717) is 18.6 Å². The van der Waals surface area contributed by atoms with Gasteiger partial charge in [0.2, 0.25) is 0 Å². The van der Waals surface area contributed by atoms with E-state index in [1.165, 1.54) is 12.8 Å². The van der Waals surface area contributed by atoms with Crippen molar-refractivity contribution in [3.8, 4) is 11.5 Å². The number of hydrogen-bond acceptors (Lipinski definition) is 5. The van der Waals surface area contributed by atoms with Gasteiger partial charge >= 0.3 is 0 Å². The first-order valence-electron chi connectivity index (χ1n) is 10.0. The number of phenols is 1. The molecule has 4 aliphatic rings. The Morgan fingerprint density at radius 1 is 1.23 bits per heavy atom. The second-order valence-corrected chi connectivity index (χ2v) is 9.01. The molecule has 5 atom stereocenters. The molecule has 1 aromatic rings. The third kappa shape index (κ3) is 1.97. The van der Waals surface area contributed by atoms with E-state index in [1.807, 2.05) is 13.0 Å². The maximum Gasteiger partial charge on any atom is 0.165 e. The van der Waals surface area contributed by atoms with Gasteiger partial charge in [-0.25, -0.2) is 0 Å². The van der Waals surface area contributed by atoms with Crippen LogP contribution >= 0.6 is 0 Å². The van der Waals surface area contributed by atoms with E-state index in [0.717, 1.165) is 36.6 Å². The maximum absolute atomic E-state index is 12.1. The lowest BCUT2D eigenvalue weighted by atomic mass is 9.52. The van der Waals surface area contributed by atoms with Gasteiger partial charge in [0.05, 0.1) is 17.1 Å². The van der Waals surface area contributed by atoms with Crippen LogP contribution in [0.25, 0.3) is 0 Å². The molecule has 1 saturated heterocycles. The summed E-state index contributed by atoms with van der Waals surface area (Å²) in [6, 6.07) is 3.56. The van der Waals surface area contributed by atoms with E-state index < -0.39 is 23.2 Å². The summed E-state index contributed by atoms with van der Waals surface area (Å²) in [5.74, 6) is 1.35. The minimum absolute atomic E-state index is 0.00292. The molecule has 5 nitrogen and oxygen atoms in total. The summed E-state index contributed by atoms with van der Waals surface area (Å²) in [5, 5.41) is 33.3. The smallest absolute Gasteiger partial charge is 0.165 e. The lowest BCUT2D eigenvalue weighted by Gasteiger charge is -2.60. The van der Waals surface area contributed by atoms with Crippen molar-refractivity contribution in [3.05, 3.63) is 23.3 Å². The summed E-state index contributed by atoms with van der Waals surface area (Å²) in [7, 11) is 0. The highest BCUT2D eigenvalue weighted by Crippen LogP contribution is 2.62. The molecule has 3 N–H and O–H groups in total. The van der Waals surface area contributed by atoms with Crippen molar-refractivity contribution >= 4 is 0 Å². The Labute approximate surface area is 154 Å². The SMILES string of the molecule is Cc1ccc(O)c2c1[C@]13CCN(CC4CC4)[C@H](C)[C@]1(O)CC[C@H](O)[C@@H]3O2. The molecule has 0 bridgehead atoms. The first-order valence-corrected chi connectivity index (χ1v) is 10.0. The number of benzene rings is 1. The second kappa shape index (κ2) is 5.37. The van der Waals surface area contributed by atoms with Gasteiger partial charge in [0, 0.05) is 18.2 Å². The number of hydrogen-bond donors (Lipinski definition) is 3. The predicted octanol–water partition coefficient (Wildman–Crippen LogP) is 2.09. The number of phenolic OH excluding ortho intramolecular Hbond substituents is 1. The number of aliphatic hydroxyl groups is 2. The van der Waals surface area contributed by atoms with Crippen molar-refractivity contribution in [2.24, 2.45) is 5.92 Å². The zero-order chi connectivity index (χ0) is 18.3. The first-order chi connectivity index (χ1) is 12.4. The fraction of sp³-hybridized carbons (Fsp3) is 0.714. The highest BCUT2D eigenvalue weighted by molar-refractivity contribution is 5.60. The zero-order valence-electron chi connectivity index (χ0n) is 15.6. The van der Waals surface area contributed by atoms with Crippen molar-refractivity contribution in [2.75, 3.05) is 13.1 Å². The lowest BCUT2D eigenvalue weighted by Crippen LogP contribution is -2.74. The average molecular weight is 359 g/mol. The van der Waals surface area contributed by atoms with Crippen molar-refractivity contribution in [1.29, 1.82) is 0 Å². The molecule has 0 radical (unpaired) electrons. The van der Waals surface area contributed by atoms with Crippen LogP contribution in [0.2, 0.25) is 0 Å². The van der Waals surface area contributed by atoms with Crippen LogP contribution in [0.5, 0.6) is 11.5 Å². The van der Waals surface area contributed by atoms with E-state index in [4.69, 9.17) is 4.74 Å². The standard InChI is InChI=1S/C21H29NO4/c1-12-3-6-15(23)18-17(12)20-9-10-22(11-14-4-5-14)13(2)21(20,25)8-7-16(24)19(20)26-18/h3,6,13-14,16,19,23-25H,4-5,7-11H2,1-2H3/t13-,16+,19+,20+,21-/m1/s1. The normalized spacial score (nSPS) is 41.9. The van der Waals surface area contributed by atoms with Gasteiger partial charge in [-0.1, -0.05) is 6.07 Å². The van der Waals surface area contributed by atoms with Crippen LogP contribution in [0.15, 0.2) is 12.1 Å². The Kier molecular flexibility index (Phi) is 3.48. The molecule has 2 saturated carbocycles. The van der Waals surface area contributed by atoms with Gasteiger partial charge in [-0.3, -0.25) is 4.90 Å². The molecule has 0 aromatic heterocycles. The van der Waals surface area contributed by atoms with E-state index in [2.05, 4.69) is 11.8 Å². The van der Waals surface area contributed by atoms with Crippen LogP contribution in [0.1, 0.15) is 50.2 Å². The molecule has 0 unspecified atom stereocenters. The first kappa shape index (κ1) is 16.8. The van der Waals surface area contributed by atoms with Gasteiger partial charge in [0.25, 0.3) is 0 Å². The van der Waals surface area contributed by atoms with E-state index in [1.54, 1.807) is 6.07 Å². The molecule has 5 heteroatoms. The third-order valence-corrected chi connectivity index (χ3v) is 7.69. The number of rotatable bonds is 2. The molecular formula is C21H29NO4. The Hall–Kier alpha value is -1.30. The molecule has 3 fully saturated rings. The summed E-state index contributed by atoms with van der Waals surface area (Å²) in [6.07, 6.45) is 3.32. The minimum atomic E-state index is -0.964. The van der Waals surface area contributed by atoms with Crippen molar-refractivity contribution in [1.82, 2.24) is 4.90 Å². The number of aromatic hydroxyl groups is 1. The molecule has 2 aliphatic heterocycles. The molecule has 142 valence electrons. The number of aliphatic hydroxyl groups excluding tert-OH is 1. The topological polar surface area (TPSA) is 73.2 Å². The van der Waals surface area contributed by atoms with Gasteiger partial charge in [0.15, 0.2) is 11.5 Å². The van der Waals surface area contributed by atoms with Crippen LogP contribution in [-0.2, 0) is 5.41 Å². The highest BCUT2D eigenvalue weighted by Gasteiger charge is 2.70. The molecule has 2 heterocycles. The Balaban J connectivity index is 1.66. The summed E-state index contributed by atoms with van der Waals surface area (Å²) in [6.45, 7) is 6.09. The number of fused-ring (bicyclic) bond motifs is 1. The second-order valence-electron chi connectivity index (χ2n) is 9.01. The van der Waals surface area contributed by atoms with E-state index in [9.17, 15) is 15.3 Å². The molecular weight excluding hydrogens is 330 g/mol. The van der Waals surface area contributed by atoms with E-state index >= 15 is 0 Å². The van der Waals surface area contributed by atoms with Crippen molar-refractivity contribution in [3.63, 3.8) is 0 Å². The van der Waals surface area contributed by atoms with Gasteiger partial charge in [-0.05, 0) is 70.0 Å². The fourth-order valence-electron chi connectivity index (χ4n) is 6.09. The summed E-state index contributed by atoms with van der Waals surface area (Å²) >= 11 is 0. The largest absolute Gasteiger partial charge is 0.504 e. The van der Waals surface area contributed by atoms with Crippen LogP contribution in [0.3, 0.4) is 0 Å². The number of likely N-dealkylation sites (tertiary alicyclic amines) is 1. The molecule has 26 heavy (non-hydrogen) atoms. The molecule has 5 rings (SSSR count). The Morgan fingerprint density at radius 2 is 2.00 bits per heavy atom. The van der Waals surface area contributed by atoms with Gasteiger partial charge in [0.1, 0.15) is 6.10 Å². The molecule has 0 amide bonds. The number of ether oxygens (including phenoxy) is 1. The number of aryl methyl sites for hydroxylation is 1. The minimum Gasteiger partial charge on any atom is -0.504 e. The third-order valence-electron chi connectivity index (χ3n) is 7.69. The van der Waals surface area contributed by atoms with Crippen molar-refractivity contribution in [2.45, 2.75) is 75.2 Å². The number of nitrogens with zero attached hydrogens (tertiary/aromatic N) is 1. The van der Waals surface area contributed by atoms with Crippen molar-refractivity contribution < 1.29 is 20.1 Å². The Morgan fingerprint density at radius 3 is 2.73 bits per heavy atom. The average Bonchev–Trinajstić information content (AvgIpc) is 3.35. The zero-order valence-corrected chi connectivity index (χ0v) is 15.6. The maximum atomic E-state index is 12.1.